The van der Waals surface area contributed by atoms with Crippen LogP contribution in [0, 0.1) is 0 Å². The minimum absolute atomic E-state index is 0.190. The van der Waals surface area contributed by atoms with Gasteiger partial charge in [0, 0.05) is 11.6 Å². The first-order chi connectivity index (χ1) is 6.33. The van der Waals surface area contributed by atoms with Gasteiger partial charge in [0.05, 0.1) is 6.61 Å². The number of rotatable bonds is 5. The molecule has 3 heteroatoms. The van der Waals surface area contributed by atoms with E-state index < -0.39 is 0 Å². The van der Waals surface area contributed by atoms with Crippen molar-refractivity contribution in [3.8, 4) is 0 Å². The Morgan fingerprint density at radius 2 is 2.15 bits per heavy atom. The highest BCUT2D eigenvalue weighted by molar-refractivity contribution is 6.30. The van der Waals surface area contributed by atoms with E-state index in [1.807, 2.05) is 24.3 Å². The summed E-state index contributed by atoms with van der Waals surface area (Å²) in [6.45, 7) is 1.72. The maximum absolute atomic E-state index is 8.52. The molecule has 0 aliphatic heterocycles. The number of hydrogen-bond donors (Lipinski definition) is 2. The summed E-state index contributed by atoms with van der Waals surface area (Å²) in [6, 6.07) is 7.82. The SMILES string of the molecule is OCCNCCc1cccc(Cl)c1. The summed E-state index contributed by atoms with van der Waals surface area (Å²) < 4.78 is 0. The minimum Gasteiger partial charge on any atom is -0.395 e. The van der Waals surface area contributed by atoms with Crippen LogP contribution in [0.2, 0.25) is 5.02 Å². The number of halogens is 1. The van der Waals surface area contributed by atoms with Crippen LogP contribution in [0.15, 0.2) is 24.3 Å². The van der Waals surface area contributed by atoms with Gasteiger partial charge in [0.25, 0.3) is 0 Å². The van der Waals surface area contributed by atoms with Gasteiger partial charge in [0.2, 0.25) is 0 Å². The van der Waals surface area contributed by atoms with Gasteiger partial charge < -0.3 is 10.4 Å². The highest BCUT2D eigenvalue weighted by Crippen LogP contribution is 2.10. The lowest BCUT2D eigenvalue weighted by atomic mass is 10.1. The van der Waals surface area contributed by atoms with Crippen molar-refractivity contribution >= 4 is 11.6 Å². The van der Waals surface area contributed by atoms with Crippen LogP contribution in [0.1, 0.15) is 5.56 Å². The highest BCUT2D eigenvalue weighted by atomic mass is 35.5. The summed E-state index contributed by atoms with van der Waals surface area (Å²) in [6.07, 6.45) is 0.945. The van der Waals surface area contributed by atoms with Crippen molar-refractivity contribution in [1.82, 2.24) is 5.32 Å². The summed E-state index contributed by atoms with van der Waals surface area (Å²) >= 11 is 5.82. The van der Waals surface area contributed by atoms with Crippen molar-refractivity contribution in [2.45, 2.75) is 6.42 Å². The van der Waals surface area contributed by atoms with Crippen LogP contribution in [-0.2, 0) is 6.42 Å². The van der Waals surface area contributed by atoms with Crippen LogP contribution < -0.4 is 5.32 Å². The van der Waals surface area contributed by atoms with Crippen LogP contribution in [0.4, 0.5) is 0 Å². The lowest BCUT2D eigenvalue weighted by molar-refractivity contribution is 0.293. The van der Waals surface area contributed by atoms with Gasteiger partial charge in [-0.3, -0.25) is 0 Å². The van der Waals surface area contributed by atoms with Gasteiger partial charge in [0.15, 0.2) is 0 Å². The zero-order valence-electron chi connectivity index (χ0n) is 7.46. The summed E-state index contributed by atoms with van der Waals surface area (Å²) in [4.78, 5) is 0. The molecule has 0 bridgehead atoms. The maximum Gasteiger partial charge on any atom is 0.0555 e. The highest BCUT2D eigenvalue weighted by Gasteiger charge is 1.93. The van der Waals surface area contributed by atoms with Crippen LogP contribution >= 0.6 is 11.6 Å². The Kier molecular flexibility index (Phi) is 4.83. The van der Waals surface area contributed by atoms with Gasteiger partial charge in [-0.1, -0.05) is 23.7 Å². The van der Waals surface area contributed by atoms with Crippen LogP contribution in [0.5, 0.6) is 0 Å². The van der Waals surface area contributed by atoms with Gasteiger partial charge in [-0.15, -0.1) is 0 Å². The van der Waals surface area contributed by atoms with Gasteiger partial charge in [0.1, 0.15) is 0 Å². The number of benzene rings is 1. The molecule has 1 aromatic carbocycles. The van der Waals surface area contributed by atoms with Crippen molar-refractivity contribution in [1.29, 1.82) is 0 Å². The first-order valence-electron chi connectivity index (χ1n) is 4.39. The number of aliphatic hydroxyl groups excluding tert-OH is 1. The van der Waals surface area contributed by atoms with Crippen LogP contribution in [-0.4, -0.2) is 24.8 Å². The molecular formula is C10H14ClNO. The predicted molar refractivity (Wildman–Crippen MR) is 55.1 cm³/mol. The average Bonchev–Trinajstić information content (AvgIpc) is 2.13. The van der Waals surface area contributed by atoms with E-state index in [0.29, 0.717) is 6.54 Å². The van der Waals surface area contributed by atoms with Crippen molar-refractivity contribution < 1.29 is 5.11 Å². The van der Waals surface area contributed by atoms with E-state index in [4.69, 9.17) is 16.7 Å². The van der Waals surface area contributed by atoms with Crippen LogP contribution in [0.25, 0.3) is 0 Å². The van der Waals surface area contributed by atoms with Crippen molar-refractivity contribution in [3.05, 3.63) is 34.9 Å². The molecular weight excluding hydrogens is 186 g/mol. The molecule has 13 heavy (non-hydrogen) atoms. The van der Waals surface area contributed by atoms with E-state index >= 15 is 0 Å². The third-order valence-corrected chi connectivity index (χ3v) is 2.00. The Bertz CT molecular complexity index is 252. The van der Waals surface area contributed by atoms with Crippen molar-refractivity contribution in [2.24, 2.45) is 0 Å². The lowest BCUT2D eigenvalue weighted by Gasteiger charge is -2.02. The molecule has 0 spiro atoms. The molecule has 0 radical (unpaired) electrons. The first kappa shape index (κ1) is 10.5. The van der Waals surface area contributed by atoms with E-state index in [1.165, 1.54) is 5.56 Å². The molecule has 0 saturated carbocycles. The van der Waals surface area contributed by atoms with E-state index in [9.17, 15) is 0 Å². The molecule has 0 aliphatic carbocycles. The fourth-order valence-corrected chi connectivity index (χ4v) is 1.34. The molecule has 0 heterocycles. The number of nitrogens with one attached hydrogen (secondary N) is 1. The number of aliphatic hydroxyl groups is 1. The Morgan fingerprint density at radius 3 is 2.85 bits per heavy atom. The van der Waals surface area contributed by atoms with Crippen molar-refractivity contribution in [3.63, 3.8) is 0 Å². The first-order valence-corrected chi connectivity index (χ1v) is 4.77. The Morgan fingerprint density at radius 1 is 1.31 bits per heavy atom. The zero-order valence-corrected chi connectivity index (χ0v) is 8.22. The second kappa shape index (κ2) is 5.97. The van der Waals surface area contributed by atoms with E-state index in [1.54, 1.807) is 0 Å². The normalized spacial score (nSPS) is 10.3. The third kappa shape index (κ3) is 4.27. The fourth-order valence-electron chi connectivity index (χ4n) is 1.13. The predicted octanol–water partition coefficient (Wildman–Crippen LogP) is 1.46. The molecule has 0 aliphatic rings. The topological polar surface area (TPSA) is 32.3 Å². The quantitative estimate of drug-likeness (QED) is 0.704. The molecule has 0 amide bonds. The lowest BCUT2D eigenvalue weighted by Crippen LogP contribution is -2.20. The third-order valence-electron chi connectivity index (χ3n) is 1.77. The van der Waals surface area contributed by atoms with Gasteiger partial charge in [-0.25, -0.2) is 0 Å². The van der Waals surface area contributed by atoms with E-state index in [-0.39, 0.29) is 6.61 Å². The zero-order chi connectivity index (χ0) is 9.52. The molecule has 0 saturated heterocycles. The Labute approximate surface area is 83.5 Å². The summed E-state index contributed by atoms with van der Waals surface area (Å²) in [5.74, 6) is 0. The monoisotopic (exact) mass is 199 g/mol. The molecule has 0 unspecified atom stereocenters. The summed E-state index contributed by atoms with van der Waals surface area (Å²) in [7, 11) is 0. The molecule has 0 aromatic heterocycles. The molecule has 0 atom stereocenters. The Balaban J connectivity index is 2.28. The minimum atomic E-state index is 0.190. The molecule has 1 aromatic rings. The van der Waals surface area contributed by atoms with E-state index in [0.717, 1.165) is 18.0 Å². The molecule has 72 valence electrons. The van der Waals surface area contributed by atoms with Gasteiger partial charge in [-0.05, 0) is 30.7 Å². The van der Waals surface area contributed by atoms with Crippen molar-refractivity contribution in [2.75, 3.05) is 19.7 Å². The molecule has 2 N–H and O–H groups in total. The smallest absolute Gasteiger partial charge is 0.0555 e. The van der Waals surface area contributed by atoms with Gasteiger partial charge in [-0.2, -0.15) is 0 Å². The maximum atomic E-state index is 8.52. The van der Waals surface area contributed by atoms with Crippen LogP contribution in [0.3, 0.4) is 0 Å². The molecule has 0 fully saturated rings. The van der Waals surface area contributed by atoms with E-state index in [2.05, 4.69) is 5.32 Å². The standard InChI is InChI=1S/C10H14ClNO/c11-10-3-1-2-9(8-10)4-5-12-6-7-13/h1-3,8,12-13H,4-7H2. The average molecular weight is 200 g/mol. The fraction of sp³-hybridized carbons (Fsp3) is 0.400. The van der Waals surface area contributed by atoms with Gasteiger partial charge >= 0.3 is 0 Å². The summed E-state index contributed by atoms with van der Waals surface area (Å²) in [5, 5.41) is 12.4. The molecule has 2 nitrogen and oxygen atoms in total. The second-order valence-electron chi connectivity index (χ2n) is 2.85. The second-order valence-corrected chi connectivity index (χ2v) is 3.29. The summed E-state index contributed by atoms with van der Waals surface area (Å²) in [5.41, 5.74) is 1.22. The largest absolute Gasteiger partial charge is 0.395 e. The number of hydrogen-bond acceptors (Lipinski definition) is 2. The molecule has 1 rings (SSSR count). The Hall–Kier alpha value is -0.570.